The second-order valence-corrected chi connectivity index (χ2v) is 8.59. The number of methoxy groups -OCH3 is 1. The molecule has 3 rings (SSSR count). The Morgan fingerprint density at radius 2 is 1.74 bits per heavy atom. The molecular weight excluding hydrogens is 480 g/mol. The van der Waals surface area contributed by atoms with E-state index in [2.05, 4.69) is 31.4 Å². The monoisotopic (exact) mass is 502 g/mol. The fraction of sp³-hybridized carbons (Fsp3) is 0.273. The highest BCUT2D eigenvalue weighted by Gasteiger charge is 2.20. The van der Waals surface area contributed by atoms with Crippen LogP contribution in [0.3, 0.4) is 0 Å². The minimum Gasteiger partial charge on any atom is -0.497 e. The first-order valence-corrected chi connectivity index (χ1v) is 11.5. The summed E-state index contributed by atoms with van der Waals surface area (Å²) in [5.41, 5.74) is 1.18. The van der Waals surface area contributed by atoms with Gasteiger partial charge in [0.1, 0.15) is 5.75 Å². The first-order chi connectivity index (χ1) is 14.9. The van der Waals surface area contributed by atoms with Crippen LogP contribution in [-0.2, 0) is 6.54 Å². The van der Waals surface area contributed by atoms with E-state index in [1.54, 1.807) is 43.5 Å². The van der Waals surface area contributed by atoms with Crippen LogP contribution in [0.15, 0.2) is 58.2 Å². The average Bonchev–Trinajstić information content (AvgIpc) is 3.21. The van der Waals surface area contributed by atoms with Crippen molar-refractivity contribution in [1.82, 2.24) is 20.1 Å². The van der Waals surface area contributed by atoms with E-state index in [1.807, 2.05) is 30.5 Å². The zero-order valence-corrected chi connectivity index (χ0v) is 19.9. The lowest BCUT2D eigenvalue weighted by Crippen LogP contribution is -2.28. The number of carbonyl (C=O) groups is 2. The van der Waals surface area contributed by atoms with E-state index in [1.165, 1.54) is 11.8 Å². The normalized spacial score (nSPS) is 11.7. The number of ketones is 1. The molecule has 0 bridgehead atoms. The summed E-state index contributed by atoms with van der Waals surface area (Å²) in [6, 6.07) is 13.8. The van der Waals surface area contributed by atoms with Gasteiger partial charge in [0.25, 0.3) is 5.91 Å². The molecule has 31 heavy (non-hydrogen) atoms. The predicted octanol–water partition coefficient (Wildman–Crippen LogP) is 4.54. The number of thioether (sulfide) groups is 1. The van der Waals surface area contributed by atoms with Crippen LogP contribution < -0.4 is 10.1 Å². The Kier molecular flexibility index (Phi) is 7.86. The van der Waals surface area contributed by atoms with Crippen molar-refractivity contribution in [2.24, 2.45) is 0 Å². The van der Waals surface area contributed by atoms with Gasteiger partial charge in [-0.3, -0.25) is 9.59 Å². The van der Waals surface area contributed by atoms with E-state index in [4.69, 9.17) is 4.74 Å². The molecule has 2 aromatic carbocycles. The zero-order chi connectivity index (χ0) is 22.4. The van der Waals surface area contributed by atoms with Crippen molar-refractivity contribution in [3.8, 4) is 5.75 Å². The van der Waals surface area contributed by atoms with E-state index >= 15 is 0 Å². The van der Waals surface area contributed by atoms with Gasteiger partial charge < -0.3 is 14.6 Å². The maximum atomic E-state index is 12.6. The van der Waals surface area contributed by atoms with Gasteiger partial charge >= 0.3 is 0 Å². The molecule has 162 valence electrons. The molecule has 3 aromatic rings. The Labute approximate surface area is 193 Å². The fourth-order valence-electron chi connectivity index (χ4n) is 2.96. The SMILES string of the molecule is CCn1c(SCC(=O)c2ccc(Br)cc2)nnc1[C@@H](C)NC(=O)c1ccc(OC)cc1. The molecule has 0 spiro atoms. The summed E-state index contributed by atoms with van der Waals surface area (Å²) in [7, 11) is 1.58. The standard InChI is InChI=1S/C22H23BrN4O3S/c1-4-27-20(14(2)24-21(29)16-7-11-18(30-3)12-8-16)25-26-22(27)31-13-19(28)15-5-9-17(23)10-6-15/h5-12,14H,4,13H2,1-3H3,(H,24,29)/t14-/m1/s1. The highest BCUT2D eigenvalue weighted by molar-refractivity contribution is 9.10. The third-order valence-electron chi connectivity index (χ3n) is 4.65. The fourth-order valence-corrected chi connectivity index (χ4v) is 4.13. The Hall–Kier alpha value is -2.65. The maximum absolute atomic E-state index is 12.6. The van der Waals surface area contributed by atoms with Crippen LogP contribution in [0.5, 0.6) is 5.75 Å². The van der Waals surface area contributed by atoms with E-state index in [0.29, 0.717) is 34.4 Å². The number of Topliss-reactive ketones (excluding diaryl/α,β-unsaturated/α-hetero) is 1. The number of ether oxygens (including phenoxy) is 1. The Morgan fingerprint density at radius 1 is 1.10 bits per heavy atom. The molecular formula is C22H23BrN4O3S. The number of hydrogen-bond donors (Lipinski definition) is 1. The minimum absolute atomic E-state index is 0.0190. The lowest BCUT2D eigenvalue weighted by atomic mass is 10.2. The number of aromatic nitrogens is 3. The van der Waals surface area contributed by atoms with E-state index in [0.717, 1.165) is 4.47 Å². The van der Waals surface area contributed by atoms with Crippen molar-refractivity contribution >= 4 is 39.4 Å². The van der Waals surface area contributed by atoms with Gasteiger partial charge in [-0.15, -0.1) is 10.2 Å². The van der Waals surface area contributed by atoms with Gasteiger partial charge in [-0.25, -0.2) is 0 Å². The van der Waals surface area contributed by atoms with Crippen LogP contribution in [0.2, 0.25) is 0 Å². The van der Waals surface area contributed by atoms with Gasteiger partial charge in [-0.05, 0) is 50.2 Å². The van der Waals surface area contributed by atoms with Gasteiger partial charge in [0.2, 0.25) is 0 Å². The number of carbonyl (C=O) groups excluding carboxylic acids is 2. The minimum atomic E-state index is -0.349. The topological polar surface area (TPSA) is 86.1 Å². The van der Waals surface area contributed by atoms with E-state index in [9.17, 15) is 9.59 Å². The van der Waals surface area contributed by atoms with E-state index in [-0.39, 0.29) is 23.5 Å². The molecule has 0 saturated heterocycles. The molecule has 0 fully saturated rings. The van der Waals surface area contributed by atoms with Crippen LogP contribution in [0.4, 0.5) is 0 Å². The Bertz CT molecular complexity index is 1050. The van der Waals surface area contributed by atoms with Crippen molar-refractivity contribution in [1.29, 1.82) is 0 Å². The van der Waals surface area contributed by atoms with Gasteiger partial charge in [0, 0.05) is 22.1 Å². The summed E-state index contributed by atoms with van der Waals surface area (Å²) in [4.78, 5) is 25.0. The molecule has 0 radical (unpaired) electrons. The third kappa shape index (κ3) is 5.74. The van der Waals surface area contributed by atoms with Crippen molar-refractivity contribution in [3.63, 3.8) is 0 Å². The highest BCUT2D eigenvalue weighted by Crippen LogP contribution is 2.22. The van der Waals surface area contributed by atoms with Crippen molar-refractivity contribution in [2.75, 3.05) is 12.9 Å². The number of nitrogens with zero attached hydrogens (tertiary/aromatic N) is 3. The van der Waals surface area contributed by atoms with Crippen LogP contribution in [0, 0.1) is 0 Å². The van der Waals surface area contributed by atoms with Crippen molar-refractivity contribution in [2.45, 2.75) is 31.6 Å². The zero-order valence-electron chi connectivity index (χ0n) is 17.5. The van der Waals surface area contributed by atoms with Crippen LogP contribution in [-0.4, -0.2) is 39.3 Å². The number of amides is 1. The first kappa shape index (κ1) is 23.0. The predicted molar refractivity (Wildman–Crippen MR) is 124 cm³/mol. The molecule has 1 amide bonds. The van der Waals surface area contributed by atoms with Crippen LogP contribution in [0.25, 0.3) is 0 Å². The summed E-state index contributed by atoms with van der Waals surface area (Å²) in [6.45, 7) is 4.46. The van der Waals surface area contributed by atoms with Gasteiger partial charge in [-0.2, -0.15) is 0 Å². The van der Waals surface area contributed by atoms with Gasteiger partial charge in [0.15, 0.2) is 16.8 Å². The first-order valence-electron chi connectivity index (χ1n) is 9.72. The molecule has 0 aliphatic rings. The number of hydrogen-bond acceptors (Lipinski definition) is 6. The highest BCUT2D eigenvalue weighted by atomic mass is 79.9. The van der Waals surface area contributed by atoms with Crippen LogP contribution >= 0.6 is 27.7 Å². The number of nitrogens with one attached hydrogen (secondary N) is 1. The molecule has 1 heterocycles. The van der Waals surface area contributed by atoms with Gasteiger partial charge in [0.05, 0.1) is 18.9 Å². The average molecular weight is 503 g/mol. The van der Waals surface area contributed by atoms with E-state index < -0.39 is 0 Å². The Morgan fingerprint density at radius 3 is 2.35 bits per heavy atom. The summed E-state index contributed by atoms with van der Waals surface area (Å²) in [5.74, 6) is 1.40. The number of halogens is 1. The molecule has 9 heteroatoms. The smallest absolute Gasteiger partial charge is 0.251 e. The molecule has 1 N–H and O–H groups in total. The molecule has 1 atom stereocenters. The Balaban J connectivity index is 1.66. The summed E-state index contributed by atoms with van der Waals surface area (Å²) in [5, 5.41) is 12.1. The molecule has 1 aromatic heterocycles. The lowest BCUT2D eigenvalue weighted by Gasteiger charge is -2.15. The molecule has 0 aliphatic carbocycles. The molecule has 0 unspecified atom stereocenters. The van der Waals surface area contributed by atoms with Gasteiger partial charge in [-0.1, -0.05) is 39.8 Å². The third-order valence-corrected chi connectivity index (χ3v) is 6.14. The number of benzene rings is 2. The van der Waals surface area contributed by atoms with Crippen LogP contribution in [0.1, 0.15) is 46.4 Å². The largest absolute Gasteiger partial charge is 0.497 e. The summed E-state index contributed by atoms with van der Waals surface area (Å²) < 4.78 is 7.97. The second-order valence-electron chi connectivity index (χ2n) is 6.73. The lowest BCUT2D eigenvalue weighted by molar-refractivity contribution is 0.0936. The molecule has 7 nitrogen and oxygen atoms in total. The second kappa shape index (κ2) is 10.6. The van der Waals surface area contributed by atoms with Crippen molar-refractivity contribution in [3.05, 3.63) is 70.0 Å². The maximum Gasteiger partial charge on any atom is 0.251 e. The molecule has 0 saturated carbocycles. The quantitative estimate of drug-likeness (QED) is 0.341. The summed E-state index contributed by atoms with van der Waals surface area (Å²) >= 11 is 4.71. The summed E-state index contributed by atoms with van der Waals surface area (Å²) in [6.07, 6.45) is 0. The molecule has 0 aliphatic heterocycles. The van der Waals surface area contributed by atoms with Crippen molar-refractivity contribution < 1.29 is 14.3 Å². The number of rotatable bonds is 9.